The second-order valence-corrected chi connectivity index (χ2v) is 3.10. The molecule has 0 aliphatic rings. The van der Waals surface area contributed by atoms with E-state index < -0.39 is 16.9 Å². The summed E-state index contributed by atoms with van der Waals surface area (Å²) in [5.74, 6) is -0.825. The molecule has 1 unspecified atom stereocenters. The number of carbonyl (C=O) groups excluding carboxylic acids is 1. The topological polar surface area (TPSA) is 118 Å². The molecule has 0 aromatic heterocycles. The Morgan fingerprint density at radius 3 is 2.50 bits per heavy atom. The Bertz CT molecular complexity index is 390. The third kappa shape index (κ3) is 3.21. The van der Waals surface area contributed by atoms with Crippen LogP contribution in [0.2, 0.25) is 0 Å². The van der Waals surface area contributed by atoms with Crippen molar-refractivity contribution in [1.29, 1.82) is 0 Å². The van der Waals surface area contributed by atoms with E-state index in [9.17, 15) is 14.9 Å². The van der Waals surface area contributed by atoms with Gasteiger partial charge < -0.3 is 16.2 Å². The third-order valence-corrected chi connectivity index (χ3v) is 1.91. The molecule has 0 saturated carbocycles. The van der Waals surface area contributed by atoms with Crippen LogP contribution in [0.4, 0.5) is 11.4 Å². The number of anilines is 1. The van der Waals surface area contributed by atoms with Crippen molar-refractivity contribution in [3.8, 4) is 0 Å². The van der Waals surface area contributed by atoms with E-state index in [1.54, 1.807) is 0 Å². The molecule has 7 nitrogen and oxygen atoms in total. The molecule has 0 heterocycles. The number of nitrogens with zero attached hydrogens (tertiary/aromatic N) is 1. The quantitative estimate of drug-likeness (QED) is 0.475. The first-order valence-corrected chi connectivity index (χ1v) is 4.46. The number of hydrogen-bond donors (Lipinski definition) is 3. The highest BCUT2D eigenvalue weighted by Gasteiger charge is 2.10. The van der Waals surface area contributed by atoms with E-state index in [0.29, 0.717) is 5.69 Å². The van der Waals surface area contributed by atoms with Crippen molar-refractivity contribution < 1.29 is 14.8 Å². The van der Waals surface area contributed by atoms with Crippen LogP contribution in [0.3, 0.4) is 0 Å². The largest absolute Gasteiger partial charge is 0.382 e. The van der Waals surface area contributed by atoms with E-state index in [0.717, 1.165) is 0 Å². The molecule has 0 aliphatic carbocycles. The zero-order valence-corrected chi connectivity index (χ0v) is 8.29. The van der Waals surface area contributed by atoms with E-state index in [1.807, 2.05) is 0 Å². The monoisotopic (exact) mass is 225 g/mol. The number of nitro groups is 1. The van der Waals surface area contributed by atoms with Crippen LogP contribution in [0.5, 0.6) is 0 Å². The molecule has 1 atom stereocenters. The minimum atomic E-state index is -1.28. The molecule has 16 heavy (non-hydrogen) atoms. The number of non-ortho nitro benzene ring substituents is 1. The normalized spacial score (nSPS) is 11.8. The lowest BCUT2D eigenvalue weighted by atomic mass is 10.2. The number of hydrogen-bond acceptors (Lipinski definition) is 5. The number of benzene rings is 1. The van der Waals surface area contributed by atoms with E-state index >= 15 is 0 Å². The third-order valence-electron chi connectivity index (χ3n) is 1.91. The van der Waals surface area contributed by atoms with Gasteiger partial charge in [0.25, 0.3) is 5.69 Å². The number of nitro benzene ring substituents is 1. The first kappa shape index (κ1) is 11.9. The van der Waals surface area contributed by atoms with Crippen LogP contribution in [-0.4, -0.2) is 28.6 Å². The van der Waals surface area contributed by atoms with Crippen LogP contribution in [0.25, 0.3) is 0 Å². The van der Waals surface area contributed by atoms with Crippen LogP contribution < -0.4 is 11.1 Å². The molecule has 0 saturated heterocycles. The number of aliphatic hydroxyl groups is 1. The average molecular weight is 225 g/mol. The molecule has 1 rings (SSSR count). The number of rotatable bonds is 5. The summed E-state index contributed by atoms with van der Waals surface area (Å²) in [7, 11) is 0. The SMILES string of the molecule is NC(=O)C(O)CNc1ccc([N+](=O)[O-])cc1. The number of carbonyl (C=O) groups is 1. The maximum absolute atomic E-state index is 10.5. The lowest BCUT2D eigenvalue weighted by Gasteiger charge is -2.09. The van der Waals surface area contributed by atoms with Crippen LogP contribution in [0, 0.1) is 10.1 Å². The number of nitrogens with two attached hydrogens (primary N) is 1. The van der Waals surface area contributed by atoms with Gasteiger partial charge in [0, 0.05) is 24.4 Å². The van der Waals surface area contributed by atoms with Gasteiger partial charge in [0.2, 0.25) is 5.91 Å². The van der Waals surface area contributed by atoms with Crippen molar-refractivity contribution in [3.05, 3.63) is 34.4 Å². The zero-order valence-electron chi connectivity index (χ0n) is 8.29. The molecule has 4 N–H and O–H groups in total. The first-order valence-electron chi connectivity index (χ1n) is 4.46. The predicted octanol–water partition coefficient (Wildman–Crippen LogP) is -0.147. The molecule has 1 aromatic rings. The smallest absolute Gasteiger partial charge is 0.269 e. The van der Waals surface area contributed by atoms with Gasteiger partial charge in [-0.1, -0.05) is 0 Å². The van der Waals surface area contributed by atoms with Crippen LogP contribution in [0.1, 0.15) is 0 Å². The van der Waals surface area contributed by atoms with E-state index in [2.05, 4.69) is 5.32 Å². The Hall–Kier alpha value is -2.15. The standard InChI is InChI=1S/C9H11N3O4/c10-9(14)8(13)5-11-6-1-3-7(4-2-6)12(15)16/h1-4,8,11,13H,5H2,(H2,10,14). The first-order chi connectivity index (χ1) is 7.50. The molecule has 1 aromatic carbocycles. The molecule has 7 heteroatoms. The molecule has 0 aliphatic heterocycles. The summed E-state index contributed by atoms with van der Waals surface area (Å²) in [6, 6.07) is 5.59. The van der Waals surface area contributed by atoms with E-state index in [4.69, 9.17) is 10.8 Å². The van der Waals surface area contributed by atoms with Crippen molar-refractivity contribution >= 4 is 17.3 Å². The zero-order chi connectivity index (χ0) is 12.1. The lowest BCUT2D eigenvalue weighted by Crippen LogP contribution is -2.34. The summed E-state index contributed by atoms with van der Waals surface area (Å²) in [6.07, 6.45) is -1.28. The van der Waals surface area contributed by atoms with Gasteiger partial charge in [-0.15, -0.1) is 0 Å². The molecule has 86 valence electrons. The maximum atomic E-state index is 10.5. The minimum absolute atomic E-state index is 0.0269. The molecule has 0 spiro atoms. The van der Waals surface area contributed by atoms with Gasteiger partial charge in [0.15, 0.2) is 0 Å². The molecule has 0 fully saturated rings. The predicted molar refractivity (Wildman–Crippen MR) is 56.8 cm³/mol. The van der Waals surface area contributed by atoms with Gasteiger partial charge >= 0.3 is 0 Å². The highest BCUT2D eigenvalue weighted by molar-refractivity contribution is 5.79. The Kier molecular flexibility index (Phi) is 3.78. The Balaban J connectivity index is 2.56. The maximum Gasteiger partial charge on any atom is 0.269 e. The number of nitrogens with one attached hydrogen (secondary N) is 1. The summed E-state index contributed by atoms with van der Waals surface area (Å²) in [4.78, 5) is 20.3. The van der Waals surface area contributed by atoms with Crippen LogP contribution in [-0.2, 0) is 4.79 Å². The molecular formula is C9H11N3O4. The Morgan fingerprint density at radius 1 is 1.50 bits per heavy atom. The van der Waals surface area contributed by atoms with Crippen molar-refractivity contribution in [2.45, 2.75) is 6.10 Å². The Labute approximate surface area is 91.0 Å². The van der Waals surface area contributed by atoms with Gasteiger partial charge in [-0.3, -0.25) is 14.9 Å². The fourth-order valence-electron chi connectivity index (χ4n) is 1.02. The van der Waals surface area contributed by atoms with Gasteiger partial charge in [0.05, 0.1) is 4.92 Å². The molecule has 0 radical (unpaired) electrons. The number of amides is 1. The summed E-state index contributed by atoms with van der Waals surface area (Å²) in [5, 5.41) is 22.2. The highest BCUT2D eigenvalue weighted by Crippen LogP contribution is 2.15. The average Bonchev–Trinajstić information content (AvgIpc) is 2.26. The number of aliphatic hydroxyl groups excluding tert-OH is 1. The van der Waals surface area contributed by atoms with E-state index in [-0.39, 0.29) is 12.2 Å². The highest BCUT2D eigenvalue weighted by atomic mass is 16.6. The summed E-state index contributed by atoms with van der Waals surface area (Å²) >= 11 is 0. The van der Waals surface area contributed by atoms with Crippen LogP contribution >= 0.6 is 0 Å². The fraction of sp³-hybridized carbons (Fsp3) is 0.222. The summed E-state index contributed by atoms with van der Waals surface area (Å²) in [6.45, 7) is -0.0346. The van der Waals surface area contributed by atoms with Crippen molar-refractivity contribution in [2.24, 2.45) is 5.73 Å². The summed E-state index contributed by atoms with van der Waals surface area (Å²) in [5.41, 5.74) is 5.38. The van der Waals surface area contributed by atoms with Crippen molar-refractivity contribution in [2.75, 3.05) is 11.9 Å². The van der Waals surface area contributed by atoms with Gasteiger partial charge in [-0.25, -0.2) is 0 Å². The minimum Gasteiger partial charge on any atom is -0.382 e. The molecular weight excluding hydrogens is 214 g/mol. The second kappa shape index (κ2) is 5.08. The molecule has 0 bridgehead atoms. The van der Waals surface area contributed by atoms with E-state index in [1.165, 1.54) is 24.3 Å². The summed E-state index contributed by atoms with van der Waals surface area (Å²) < 4.78 is 0. The fourth-order valence-corrected chi connectivity index (χ4v) is 1.02. The second-order valence-electron chi connectivity index (χ2n) is 3.10. The van der Waals surface area contributed by atoms with Gasteiger partial charge in [0.1, 0.15) is 6.10 Å². The lowest BCUT2D eigenvalue weighted by molar-refractivity contribution is -0.384. The van der Waals surface area contributed by atoms with Crippen LogP contribution in [0.15, 0.2) is 24.3 Å². The van der Waals surface area contributed by atoms with Gasteiger partial charge in [-0.05, 0) is 12.1 Å². The van der Waals surface area contributed by atoms with Gasteiger partial charge in [-0.2, -0.15) is 0 Å². The number of primary amides is 1. The van der Waals surface area contributed by atoms with Crippen molar-refractivity contribution in [3.63, 3.8) is 0 Å². The Morgan fingerprint density at radius 2 is 2.06 bits per heavy atom. The van der Waals surface area contributed by atoms with Crippen molar-refractivity contribution in [1.82, 2.24) is 0 Å². The molecule has 1 amide bonds.